The zero-order chi connectivity index (χ0) is 17.1. The van der Waals surface area contributed by atoms with Gasteiger partial charge in [-0.1, -0.05) is 6.07 Å². The molecule has 2 fully saturated rings. The lowest BCUT2D eigenvalue weighted by Crippen LogP contribution is -2.64. The van der Waals surface area contributed by atoms with Crippen LogP contribution < -0.4 is 4.74 Å². The van der Waals surface area contributed by atoms with Crippen LogP contribution in [0.5, 0.6) is 5.75 Å². The van der Waals surface area contributed by atoms with Gasteiger partial charge in [0.15, 0.2) is 0 Å². The molecule has 2 aromatic heterocycles. The summed E-state index contributed by atoms with van der Waals surface area (Å²) in [4.78, 5) is 11.1. The number of aromatic nitrogens is 2. The van der Waals surface area contributed by atoms with Gasteiger partial charge in [0.1, 0.15) is 5.75 Å². The lowest BCUT2D eigenvalue weighted by Gasteiger charge is -2.50. The van der Waals surface area contributed by atoms with E-state index in [-0.39, 0.29) is 5.60 Å². The lowest BCUT2D eigenvalue weighted by atomic mass is 9.79. The molecule has 2 aromatic rings. The Kier molecular flexibility index (Phi) is 4.68. The molecule has 2 aliphatic rings. The Morgan fingerprint density at radius 1 is 1.28 bits per heavy atom. The van der Waals surface area contributed by atoms with E-state index in [1.165, 1.54) is 0 Å². The maximum atomic E-state index is 6.15. The number of hydrogen-bond acceptors (Lipinski definition) is 5. The first-order valence-corrected chi connectivity index (χ1v) is 9.05. The van der Waals surface area contributed by atoms with E-state index in [0.717, 1.165) is 62.8 Å². The van der Waals surface area contributed by atoms with Gasteiger partial charge in [-0.2, -0.15) is 0 Å². The molecule has 0 amide bonds. The standard InChI is InChI=1S/C20H25N3O2/c1-16-4-2-5-18(22-16)13-23-14-20(15-23)17(8-11-25-20)7-10-24-19-6-3-9-21-12-19/h2-6,9,12,17H,7-8,10-11,13-15H2,1H3. The Morgan fingerprint density at radius 2 is 2.20 bits per heavy atom. The van der Waals surface area contributed by atoms with Crippen LogP contribution in [0, 0.1) is 12.8 Å². The third-order valence-corrected chi connectivity index (χ3v) is 5.28. The van der Waals surface area contributed by atoms with Crippen LogP contribution >= 0.6 is 0 Å². The summed E-state index contributed by atoms with van der Waals surface area (Å²) in [5.41, 5.74) is 2.25. The first-order valence-electron chi connectivity index (χ1n) is 9.05. The molecule has 132 valence electrons. The normalized spacial score (nSPS) is 22.0. The minimum atomic E-state index is 0.0299. The van der Waals surface area contributed by atoms with Gasteiger partial charge in [-0.3, -0.25) is 14.9 Å². The topological polar surface area (TPSA) is 47.5 Å². The predicted molar refractivity (Wildman–Crippen MR) is 95.4 cm³/mol. The molecular weight excluding hydrogens is 314 g/mol. The van der Waals surface area contributed by atoms with Gasteiger partial charge in [0.25, 0.3) is 0 Å². The molecule has 5 nitrogen and oxygen atoms in total. The zero-order valence-electron chi connectivity index (χ0n) is 14.7. The summed E-state index contributed by atoms with van der Waals surface area (Å²) in [5.74, 6) is 1.42. The van der Waals surface area contributed by atoms with Crippen LogP contribution in [0.15, 0.2) is 42.7 Å². The third-order valence-electron chi connectivity index (χ3n) is 5.28. The number of nitrogens with zero attached hydrogens (tertiary/aromatic N) is 3. The molecule has 2 saturated heterocycles. The largest absolute Gasteiger partial charge is 0.492 e. The number of hydrogen-bond donors (Lipinski definition) is 0. The lowest BCUT2D eigenvalue weighted by molar-refractivity contribution is -0.138. The SMILES string of the molecule is Cc1cccc(CN2CC3(C2)OCCC3CCOc2cccnc2)n1. The van der Waals surface area contributed by atoms with Crippen molar-refractivity contribution < 1.29 is 9.47 Å². The van der Waals surface area contributed by atoms with Crippen molar-refractivity contribution in [2.45, 2.75) is 31.9 Å². The van der Waals surface area contributed by atoms with Crippen LogP contribution in [-0.4, -0.2) is 46.8 Å². The fourth-order valence-electron chi connectivity index (χ4n) is 4.03. The molecule has 0 bridgehead atoms. The summed E-state index contributed by atoms with van der Waals surface area (Å²) in [6, 6.07) is 10.1. The van der Waals surface area contributed by atoms with Crippen molar-refractivity contribution in [2.75, 3.05) is 26.3 Å². The van der Waals surface area contributed by atoms with Crippen molar-refractivity contribution in [2.24, 2.45) is 5.92 Å². The maximum Gasteiger partial charge on any atom is 0.137 e. The highest BCUT2D eigenvalue weighted by Gasteiger charge is 2.52. The minimum Gasteiger partial charge on any atom is -0.492 e. The summed E-state index contributed by atoms with van der Waals surface area (Å²) < 4.78 is 12.0. The Morgan fingerprint density at radius 3 is 3.00 bits per heavy atom. The highest BCUT2D eigenvalue weighted by molar-refractivity contribution is 5.15. The van der Waals surface area contributed by atoms with Crippen molar-refractivity contribution in [1.82, 2.24) is 14.9 Å². The number of aryl methyl sites for hydroxylation is 1. The van der Waals surface area contributed by atoms with Gasteiger partial charge in [0.2, 0.25) is 0 Å². The minimum absolute atomic E-state index is 0.0299. The molecule has 1 spiro atoms. The zero-order valence-corrected chi connectivity index (χ0v) is 14.7. The monoisotopic (exact) mass is 339 g/mol. The maximum absolute atomic E-state index is 6.15. The van der Waals surface area contributed by atoms with E-state index in [1.807, 2.05) is 25.1 Å². The van der Waals surface area contributed by atoms with Crippen molar-refractivity contribution in [3.8, 4) is 5.75 Å². The van der Waals surface area contributed by atoms with Crippen molar-refractivity contribution in [3.05, 3.63) is 54.1 Å². The quantitative estimate of drug-likeness (QED) is 0.810. The highest BCUT2D eigenvalue weighted by atomic mass is 16.5. The van der Waals surface area contributed by atoms with Crippen molar-refractivity contribution >= 4 is 0 Å². The third kappa shape index (κ3) is 3.67. The van der Waals surface area contributed by atoms with E-state index in [9.17, 15) is 0 Å². The van der Waals surface area contributed by atoms with Crippen LogP contribution in [0.25, 0.3) is 0 Å². The van der Waals surface area contributed by atoms with Gasteiger partial charge in [0, 0.05) is 38.1 Å². The second kappa shape index (κ2) is 7.10. The molecule has 1 unspecified atom stereocenters. The average molecular weight is 339 g/mol. The van der Waals surface area contributed by atoms with Crippen LogP contribution in [0.1, 0.15) is 24.2 Å². The molecule has 2 aliphatic heterocycles. The number of pyridine rings is 2. The van der Waals surface area contributed by atoms with E-state index in [0.29, 0.717) is 5.92 Å². The van der Waals surface area contributed by atoms with Gasteiger partial charge in [-0.05, 0) is 49.9 Å². The molecule has 5 heteroatoms. The van der Waals surface area contributed by atoms with Gasteiger partial charge in [0.05, 0.1) is 24.1 Å². The fraction of sp³-hybridized carbons (Fsp3) is 0.500. The second-order valence-corrected chi connectivity index (χ2v) is 7.14. The molecule has 0 N–H and O–H groups in total. The van der Waals surface area contributed by atoms with E-state index < -0.39 is 0 Å². The summed E-state index contributed by atoms with van der Waals surface area (Å²) in [7, 11) is 0. The Bertz CT molecular complexity index is 701. The number of likely N-dealkylation sites (tertiary alicyclic amines) is 1. The molecule has 1 atom stereocenters. The first kappa shape index (κ1) is 16.5. The van der Waals surface area contributed by atoms with E-state index >= 15 is 0 Å². The van der Waals surface area contributed by atoms with Gasteiger partial charge in [-0.25, -0.2) is 0 Å². The average Bonchev–Trinajstić information content (AvgIpc) is 2.99. The molecule has 4 rings (SSSR count). The molecule has 0 radical (unpaired) electrons. The summed E-state index contributed by atoms with van der Waals surface area (Å²) in [6.07, 6.45) is 5.69. The second-order valence-electron chi connectivity index (χ2n) is 7.14. The Balaban J connectivity index is 1.27. The molecule has 0 saturated carbocycles. The Hall–Kier alpha value is -1.98. The fourth-order valence-corrected chi connectivity index (χ4v) is 4.03. The van der Waals surface area contributed by atoms with Gasteiger partial charge < -0.3 is 9.47 Å². The molecule has 0 aliphatic carbocycles. The van der Waals surface area contributed by atoms with E-state index in [1.54, 1.807) is 12.4 Å². The van der Waals surface area contributed by atoms with Crippen LogP contribution in [0.2, 0.25) is 0 Å². The van der Waals surface area contributed by atoms with Crippen LogP contribution in [0.4, 0.5) is 0 Å². The summed E-state index contributed by atoms with van der Waals surface area (Å²) in [5, 5.41) is 0. The first-order chi connectivity index (χ1) is 12.2. The number of rotatable bonds is 6. The summed E-state index contributed by atoms with van der Waals surface area (Å²) >= 11 is 0. The van der Waals surface area contributed by atoms with Crippen LogP contribution in [-0.2, 0) is 11.3 Å². The summed E-state index contributed by atoms with van der Waals surface area (Å²) in [6.45, 7) is 6.54. The van der Waals surface area contributed by atoms with Gasteiger partial charge >= 0.3 is 0 Å². The Labute approximate surface area is 149 Å². The molecule has 4 heterocycles. The predicted octanol–water partition coefficient (Wildman–Crippen LogP) is 2.85. The molecule has 0 aromatic carbocycles. The molecule has 25 heavy (non-hydrogen) atoms. The van der Waals surface area contributed by atoms with Crippen LogP contribution in [0.3, 0.4) is 0 Å². The molecular formula is C20H25N3O2. The van der Waals surface area contributed by atoms with Crippen molar-refractivity contribution in [1.29, 1.82) is 0 Å². The van der Waals surface area contributed by atoms with Crippen molar-refractivity contribution in [3.63, 3.8) is 0 Å². The van der Waals surface area contributed by atoms with E-state index in [2.05, 4.69) is 27.0 Å². The number of ether oxygens (including phenoxy) is 2. The smallest absolute Gasteiger partial charge is 0.137 e. The van der Waals surface area contributed by atoms with Gasteiger partial charge in [-0.15, -0.1) is 0 Å². The van der Waals surface area contributed by atoms with E-state index in [4.69, 9.17) is 9.47 Å². The highest BCUT2D eigenvalue weighted by Crippen LogP contribution is 2.42.